The summed E-state index contributed by atoms with van der Waals surface area (Å²) in [6.07, 6.45) is 1.65. The Bertz CT molecular complexity index is 3230. The van der Waals surface area contributed by atoms with Gasteiger partial charge in [-0.25, -0.2) is 9.97 Å². The molecule has 0 aliphatic heterocycles. The van der Waals surface area contributed by atoms with Gasteiger partial charge in [-0.1, -0.05) is 140 Å². The first kappa shape index (κ1) is 30.7. The number of thiophene rings is 1. The van der Waals surface area contributed by atoms with Crippen LogP contribution in [0.4, 0.5) is 0 Å². The van der Waals surface area contributed by atoms with Gasteiger partial charge in [0, 0.05) is 31.1 Å². The minimum absolute atomic E-state index is 0.693. The molecule has 0 unspecified atom stereocenters. The molecule has 54 heavy (non-hydrogen) atoms. The van der Waals surface area contributed by atoms with E-state index in [0.717, 1.165) is 50.0 Å². The second kappa shape index (κ2) is 12.4. The number of fused-ring (bicyclic) bond motifs is 7. The number of hydrogen-bond donors (Lipinski definition) is 0. The minimum atomic E-state index is 0.693. The van der Waals surface area contributed by atoms with Gasteiger partial charge in [0.05, 0.1) is 0 Å². The molecule has 0 amide bonds. The summed E-state index contributed by atoms with van der Waals surface area (Å²) < 4.78 is 9.14. The van der Waals surface area contributed by atoms with Crippen LogP contribution < -0.4 is 0 Å². The van der Waals surface area contributed by atoms with Crippen molar-refractivity contribution in [2.75, 3.05) is 0 Å². The summed E-state index contributed by atoms with van der Waals surface area (Å²) in [5.74, 6) is 0. The molecule has 0 aliphatic rings. The van der Waals surface area contributed by atoms with E-state index in [1.54, 1.807) is 6.33 Å². The molecule has 0 radical (unpaired) electrons. The van der Waals surface area contributed by atoms with E-state index >= 15 is 0 Å². The number of benzene rings is 8. The Kier molecular flexibility index (Phi) is 7.04. The lowest BCUT2D eigenvalue weighted by atomic mass is 9.96. The van der Waals surface area contributed by atoms with Crippen LogP contribution in [-0.2, 0) is 0 Å². The van der Waals surface area contributed by atoms with Gasteiger partial charge in [0.2, 0.25) is 0 Å². The first-order valence-electron chi connectivity index (χ1n) is 18.1. The second-order valence-electron chi connectivity index (χ2n) is 13.8. The topological polar surface area (TPSA) is 38.9 Å². The fraction of sp³-hybridized carbons (Fsp3) is 0. The zero-order valence-electron chi connectivity index (χ0n) is 29.0. The van der Waals surface area contributed by atoms with Crippen LogP contribution in [0, 0.1) is 0 Å². The van der Waals surface area contributed by atoms with Gasteiger partial charge in [0.15, 0.2) is 5.58 Å². The van der Waals surface area contributed by atoms with Crippen molar-refractivity contribution in [1.82, 2.24) is 9.97 Å². The Morgan fingerprint density at radius 2 is 1.04 bits per heavy atom. The largest absolute Gasteiger partial charge is 0.452 e. The maximum atomic E-state index is 6.51. The average Bonchev–Trinajstić information content (AvgIpc) is 3.82. The molecule has 0 fully saturated rings. The lowest BCUT2D eigenvalue weighted by Crippen LogP contribution is -1.88. The zero-order chi connectivity index (χ0) is 35.6. The van der Waals surface area contributed by atoms with Crippen molar-refractivity contribution in [3.63, 3.8) is 0 Å². The summed E-state index contributed by atoms with van der Waals surface area (Å²) >= 11 is 1.86. The van der Waals surface area contributed by atoms with E-state index in [0.29, 0.717) is 5.58 Å². The Hall–Kier alpha value is -6.88. The Balaban J connectivity index is 0.934. The minimum Gasteiger partial charge on any atom is -0.452 e. The van der Waals surface area contributed by atoms with Gasteiger partial charge in [0.25, 0.3) is 0 Å². The first-order valence-corrected chi connectivity index (χ1v) is 18.9. The van der Waals surface area contributed by atoms with E-state index in [2.05, 4.69) is 170 Å². The van der Waals surface area contributed by atoms with Crippen molar-refractivity contribution in [2.24, 2.45) is 0 Å². The van der Waals surface area contributed by atoms with Crippen LogP contribution in [-0.4, -0.2) is 9.97 Å². The molecule has 4 heteroatoms. The summed E-state index contributed by atoms with van der Waals surface area (Å²) in [6.45, 7) is 0. The van der Waals surface area contributed by atoms with Crippen molar-refractivity contribution in [3.05, 3.63) is 182 Å². The quantitative estimate of drug-likeness (QED) is 0.179. The average molecular weight is 707 g/mol. The number of furan rings is 1. The standard InChI is InChI=1S/C50H30N2OS/c1-2-9-34-26-37(23-22-31(34)8-1)32-18-20-33(21-19-32)38-24-25-45-44(29-38)48-49(53-45)47(51-30-52-48)40-13-6-11-36(28-40)35-10-5-12-39(27-35)41-15-7-16-43-42-14-3-4-17-46(42)54-50(41)43/h1-30H. The molecular formula is C50H30N2OS. The van der Waals surface area contributed by atoms with Crippen LogP contribution in [0.5, 0.6) is 0 Å². The van der Waals surface area contributed by atoms with E-state index in [1.807, 2.05) is 17.4 Å². The number of aromatic nitrogens is 2. The third kappa shape index (κ3) is 5.11. The summed E-state index contributed by atoms with van der Waals surface area (Å²) in [4.78, 5) is 9.49. The summed E-state index contributed by atoms with van der Waals surface area (Å²) in [5, 5.41) is 6.09. The summed E-state index contributed by atoms with van der Waals surface area (Å²) in [6, 6.07) is 63.0. The summed E-state index contributed by atoms with van der Waals surface area (Å²) in [5.41, 5.74) is 13.5. The van der Waals surface area contributed by atoms with Crippen LogP contribution in [0.2, 0.25) is 0 Å². The third-order valence-corrected chi connectivity index (χ3v) is 11.8. The highest BCUT2D eigenvalue weighted by Crippen LogP contribution is 2.41. The van der Waals surface area contributed by atoms with Gasteiger partial charge in [-0.05, 0) is 91.7 Å². The van der Waals surface area contributed by atoms with Crippen molar-refractivity contribution in [2.45, 2.75) is 0 Å². The lowest BCUT2D eigenvalue weighted by molar-refractivity contribution is 0.667. The van der Waals surface area contributed by atoms with Gasteiger partial charge >= 0.3 is 0 Å². The number of rotatable bonds is 5. The molecule has 0 saturated heterocycles. The fourth-order valence-corrected chi connectivity index (χ4v) is 9.11. The van der Waals surface area contributed by atoms with E-state index in [9.17, 15) is 0 Å². The monoisotopic (exact) mass is 706 g/mol. The summed E-state index contributed by atoms with van der Waals surface area (Å²) in [7, 11) is 0. The molecule has 0 atom stereocenters. The molecule has 0 spiro atoms. The van der Waals surface area contributed by atoms with E-state index in [-0.39, 0.29) is 0 Å². The van der Waals surface area contributed by atoms with E-state index in [4.69, 9.17) is 14.4 Å². The van der Waals surface area contributed by atoms with Crippen molar-refractivity contribution >= 4 is 64.4 Å². The highest BCUT2D eigenvalue weighted by atomic mass is 32.1. The normalized spacial score (nSPS) is 11.7. The van der Waals surface area contributed by atoms with Gasteiger partial charge in [-0.2, -0.15) is 0 Å². The van der Waals surface area contributed by atoms with Gasteiger partial charge in [0.1, 0.15) is 23.1 Å². The van der Waals surface area contributed by atoms with Crippen LogP contribution in [0.25, 0.3) is 109 Å². The SMILES string of the molecule is c1cc(-c2cccc(-c3cccc4c3sc3ccccc34)c2)cc(-c2ncnc3c2oc2ccc(-c4ccc(-c5ccc6ccccc6c5)cc4)cc23)c1. The maximum Gasteiger partial charge on any atom is 0.180 e. The number of hydrogen-bond acceptors (Lipinski definition) is 4. The third-order valence-electron chi connectivity index (χ3n) is 10.6. The Labute approximate surface area is 315 Å². The molecule has 11 aromatic rings. The Morgan fingerprint density at radius 3 is 1.89 bits per heavy atom. The van der Waals surface area contributed by atoms with Crippen molar-refractivity contribution in [1.29, 1.82) is 0 Å². The molecule has 3 heterocycles. The molecular weight excluding hydrogens is 677 g/mol. The first-order chi connectivity index (χ1) is 26.7. The van der Waals surface area contributed by atoms with Crippen molar-refractivity contribution < 1.29 is 4.42 Å². The van der Waals surface area contributed by atoms with Crippen LogP contribution in [0.15, 0.2) is 187 Å². The van der Waals surface area contributed by atoms with E-state index < -0.39 is 0 Å². The molecule has 0 N–H and O–H groups in total. The predicted molar refractivity (Wildman–Crippen MR) is 227 cm³/mol. The fourth-order valence-electron chi connectivity index (χ4n) is 7.87. The van der Waals surface area contributed by atoms with Gasteiger partial charge in [-0.3, -0.25) is 0 Å². The van der Waals surface area contributed by atoms with Crippen molar-refractivity contribution in [3.8, 4) is 55.8 Å². The molecule has 3 aromatic heterocycles. The van der Waals surface area contributed by atoms with Crippen LogP contribution in [0.3, 0.4) is 0 Å². The zero-order valence-corrected chi connectivity index (χ0v) is 29.8. The highest BCUT2D eigenvalue weighted by Gasteiger charge is 2.17. The van der Waals surface area contributed by atoms with Gasteiger partial charge < -0.3 is 4.42 Å². The number of nitrogens with zero attached hydrogens (tertiary/aromatic N) is 2. The molecule has 8 aromatic carbocycles. The molecule has 252 valence electrons. The molecule has 0 aliphatic carbocycles. The van der Waals surface area contributed by atoms with Gasteiger partial charge in [-0.15, -0.1) is 11.3 Å². The maximum absolute atomic E-state index is 6.51. The van der Waals surface area contributed by atoms with E-state index in [1.165, 1.54) is 53.2 Å². The molecule has 3 nitrogen and oxygen atoms in total. The molecule has 0 bridgehead atoms. The molecule has 11 rings (SSSR count). The molecule has 0 saturated carbocycles. The van der Waals surface area contributed by atoms with Crippen LogP contribution in [0.1, 0.15) is 0 Å². The Morgan fingerprint density at radius 1 is 0.407 bits per heavy atom. The predicted octanol–water partition coefficient (Wildman–Crippen LogP) is 14.2. The van der Waals surface area contributed by atoms with Crippen LogP contribution >= 0.6 is 11.3 Å². The smallest absolute Gasteiger partial charge is 0.180 e. The highest BCUT2D eigenvalue weighted by molar-refractivity contribution is 7.26. The second-order valence-corrected chi connectivity index (χ2v) is 14.8. The lowest BCUT2D eigenvalue weighted by Gasteiger charge is -2.09.